The number of carbonyl (C=O) groups is 1. The van der Waals surface area contributed by atoms with Gasteiger partial charge in [0.15, 0.2) is 0 Å². The van der Waals surface area contributed by atoms with Crippen LogP contribution in [0.1, 0.15) is 28.4 Å². The van der Waals surface area contributed by atoms with E-state index in [2.05, 4.69) is 21.2 Å². The SMILES string of the molecule is Cc1ccccc1CC(C)NC(=O)c1cc(Br)ccc1F. The van der Waals surface area contributed by atoms with Gasteiger partial charge in [-0.3, -0.25) is 4.79 Å². The molecule has 0 aliphatic heterocycles. The van der Waals surface area contributed by atoms with Gasteiger partial charge in [-0.15, -0.1) is 0 Å². The first-order valence-corrected chi connectivity index (χ1v) is 7.57. The molecule has 0 heterocycles. The number of hydrogen-bond donors (Lipinski definition) is 1. The van der Waals surface area contributed by atoms with Crippen LogP contribution < -0.4 is 5.32 Å². The van der Waals surface area contributed by atoms with E-state index < -0.39 is 11.7 Å². The Labute approximate surface area is 132 Å². The summed E-state index contributed by atoms with van der Waals surface area (Å²) in [7, 11) is 0. The number of halogens is 2. The number of hydrogen-bond acceptors (Lipinski definition) is 1. The molecule has 1 N–H and O–H groups in total. The van der Waals surface area contributed by atoms with Gasteiger partial charge in [0.05, 0.1) is 5.56 Å². The highest BCUT2D eigenvalue weighted by atomic mass is 79.9. The lowest BCUT2D eigenvalue weighted by Crippen LogP contribution is -2.34. The Morgan fingerprint density at radius 1 is 1.29 bits per heavy atom. The standard InChI is InChI=1S/C17H17BrFNO/c1-11-5-3-4-6-13(11)9-12(2)20-17(21)15-10-14(18)7-8-16(15)19/h3-8,10,12H,9H2,1-2H3,(H,20,21). The predicted molar refractivity (Wildman–Crippen MR) is 85.9 cm³/mol. The highest BCUT2D eigenvalue weighted by Gasteiger charge is 2.15. The van der Waals surface area contributed by atoms with Crippen molar-refractivity contribution in [3.63, 3.8) is 0 Å². The molecule has 0 aromatic heterocycles. The van der Waals surface area contributed by atoms with Crippen LogP contribution in [-0.2, 0) is 6.42 Å². The maximum absolute atomic E-state index is 13.7. The van der Waals surface area contributed by atoms with Gasteiger partial charge in [-0.25, -0.2) is 4.39 Å². The summed E-state index contributed by atoms with van der Waals surface area (Å²) in [6, 6.07) is 12.3. The molecule has 2 aromatic carbocycles. The van der Waals surface area contributed by atoms with E-state index in [9.17, 15) is 9.18 Å². The minimum Gasteiger partial charge on any atom is -0.349 e. The van der Waals surface area contributed by atoms with Crippen molar-refractivity contribution in [3.8, 4) is 0 Å². The van der Waals surface area contributed by atoms with Crippen LogP contribution >= 0.6 is 15.9 Å². The average Bonchev–Trinajstić information content (AvgIpc) is 2.44. The molecule has 0 radical (unpaired) electrons. The van der Waals surface area contributed by atoms with Crippen molar-refractivity contribution in [2.24, 2.45) is 0 Å². The third-order valence-electron chi connectivity index (χ3n) is 3.34. The van der Waals surface area contributed by atoms with Crippen LogP contribution in [0, 0.1) is 12.7 Å². The average molecular weight is 350 g/mol. The zero-order valence-electron chi connectivity index (χ0n) is 12.0. The van der Waals surface area contributed by atoms with Crippen LogP contribution in [0.2, 0.25) is 0 Å². The molecule has 2 aromatic rings. The monoisotopic (exact) mass is 349 g/mol. The second-order valence-electron chi connectivity index (χ2n) is 5.13. The first kappa shape index (κ1) is 15.7. The number of rotatable bonds is 4. The quantitative estimate of drug-likeness (QED) is 0.877. The van der Waals surface area contributed by atoms with Gasteiger partial charge in [0.1, 0.15) is 5.82 Å². The number of carbonyl (C=O) groups excluding carboxylic acids is 1. The van der Waals surface area contributed by atoms with Crippen molar-refractivity contribution in [1.29, 1.82) is 0 Å². The molecule has 0 aliphatic rings. The second-order valence-corrected chi connectivity index (χ2v) is 6.04. The Kier molecular flexibility index (Phi) is 5.12. The smallest absolute Gasteiger partial charge is 0.254 e. The minimum absolute atomic E-state index is 0.0565. The van der Waals surface area contributed by atoms with Gasteiger partial charge in [0, 0.05) is 10.5 Å². The van der Waals surface area contributed by atoms with E-state index in [1.807, 2.05) is 38.1 Å². The largest absolute Gasteiger partial charge is 0.349 e. The van der Waals surface area contributed by atoms with Crippen molar-refractivity contribution in [2.75, 3.05) is 0 Å². The molecule has 0 fully saturated rings. The molecule has 2 rings (SSSR count). The maximum Gasteiger partial charge on any atom is 0.254 e. The number of aryl methyl sites for hydroxylation is 1. The first-order valence-electron chi connectivity index (χ1n) is 6.78. The minimum atomic E-state index is -0.515. The summed E-state index contributed by atoms with van der Waals surface area (Å²) in [4.78, 5) is 12.1. The van der Waals surface area contributed by atoms with Crippen LogP contribution in [0.25, 0.3) is 0 Å². The molecule has 0 saturated heterocycles. The van der Waals surface area contributed by atoms with E-state index in [1.54, 1.807) is 6.07 Å². The topological polar surface area (TPSA) is 29.1 Å². The molecule has 110 valence electrons. The summed E-state index contributed by atoms with van der Waals surface area (Å²) in [6.07, 6.45) is 0.716. The fraction of sp³-hybridized carbons (Fsp3) is 0.235. The van der Waals surface area contributed by atoms with Crippen molar-refractivity contribution in [1.82, 2.24) is 5.32 Å². The van der Waals surface area contributed by atoms with Crippen LogP contribution in [0.5, 0.6) is 0 Å². The molecule has 0 saturated carbocycles. The van der Waals surface area contributed by atoms with E-state index in [0.717, 1.165) is 0 Å². The molecule has 2 nitrogen and oxygen atoms in total. The Morgan fingerprint density at radius 2 is 2.00 bits per heavy atom. The summed E-state index contributed by atoms with van der Waals surface area (Å²) in [5.41, 5.74) is 2.42. The molecular weight excluding hydrogens is 333 g/mol. The molecule has 4 heteroatoms. The molecule has 21 heavy (non-hydrogen) atoms. The normalized spacial score (nSPS) is 12.0. The third-order valence-corrected chi connectivity index (χ3v) is 3.83. The van der Waals surface area contributed by atoms with Crippen molar-refractivity contribution in [3.05, 3.63) is 69.4 Å². The third kappa shape index (κ3) is 4.14. The van der Waals surface area contributed by atoms with Gasteiger partial charge in [0.25, 0.3) is 5.91 Å². The zero-order chi connectivity index (χ0) is 15.4. The number of nitrogens with one attached hydrogen (secondary N) is 1. The molecule has 0 bridgehead atoms. The van der Waals surface area contributed by atoms with Gasteiger partial charge < -0.3 is 5.32 Å². The van der Waals surface area contributed by atoms with Crippen molar-refractivity contribution >= 4 is 21.8 Å². The van der Waals surface area contributed by atoms with Crippen LogP contribution in [0.3, 0.4) is 0 Å². The first-order chi connectivity index (χ1) is 9.97. The van der Waals surface area contributed by atoms with E-state index in [0.29, 0.717) is 10.9 Å². The van der Waals surface area contributed by atoms with Gasteiger partial charge >= 0.3 is 0 Å². The Morgan fingerprint density at radius 3 is 2.71 bits per heavy atom. The Balaban J connectivity index is 2.06. The van der Waals surface area contributed by atoms with E-state index >= 15 is 0 Å². The summed E-state index contributed by atoms with van der Waals surface area (Å²) in [5.74, 6) is -0.909. The van der Waals surface area contributed by atoms with E-state index in [-0.39, 0.29) is 11.6 Å². The molecular formula is C17H17BrFNO. The lowest BCUT2D eigenvalue weighted by atomic mass is 10.0. The van der Waals surface area contributed by atoms with E-state index in [4.69, 9.17) is 0 Å². The molecule has 0 aliphatic carbocycles. The molecule has 1 unspecified atom stereocenters. The second kappa shape index (κ2) is 6.85. The Hall–Kier alpha value is -1.68. The van der Waals surface area contributed by atoms with Gasteiger partial charge in [-0.05, 0) is 49.6 Å². The highest BCUT2D eigenvalue weighted by molar-refractivity contribution is 9.10. The number of amides is 1. The van der Waals surface area contributed by atoms with Gasteiger partial charge in [0.2, 0.25) is 0 Å². The van der Waals surface area contributed by atoms with Crippen LogP contribution in [-0.4, -0.2) is 11.9 Å². The van der Waals surface area contributed by atoms with E-state index in [1.165, 1.54) is 23.3 Å². The summed E-state index contributed by atoms with van der Waals surface area (Å²) < 4.78 is 14.4. The lowest BCUT2D eigenvalue weighted by molar-refractivity contribution is 0.0936. The predicted octanol–water partition coefficient (Wildman–Crippen LogP) is 4.26. The van der Waals surface area contributed by atoms with Crippen LogP contribution in [0.15, 0.2) is 46.9 Å². The van der Waals surface area contributed by atoms with Crippen molar-refractivity contribution < 1.29 is 9.18 Å². The van der Waals surface area contributed by atoms with Gasteiger partial charge in [-0.2, -0.15) is 0 Å². The summed E-state index contributed by atoms with van der Waals surface area (Å²) in [5, 5.41) is 2.84. The van der Waals surface area contributed by atoms with Crippen LogP contribution in [0.4, 0.5) is 4.39 Å². The van der Waals surface area contributed by atoms with Crippen molar-refractivity contribution in [2.45, 2.75) is 26.3 Å². The highest BCUT2D eigenvalue weighted by Crippen LogP contribution is 2.16. The maximum atomic E-state index is 13.7. The zero-order valence-corrected chi connectivity index (χ0v) is 13.6. The Bertz CT molecular complexity index is 657. The molecule has 1 amide bonds. The fourth-order valence-corrected chi connectivity index (χ4v) is 2.55. The summed E-state index contributed by atoms with van der Waals surface area (Å²) >= 11 is 3.25. The lowest BCUT2D eigenvalue weighted by Gasteiger charge is -2.15. The molecule has 0 spiro atoms. The number of benzene rings is 2. The fourth-order valence-electron chi connectivity index (χ4n) is 2.19. The van der Waals surface area contributed by atoms with Gasteiger partial charge in [-0.1, -0.05) is 40.2 Å². The molecule has 1 atom stereocenters. The summed E-state index contributed by atoms with van der Waals surface area (Å²) in [6.45, 7) is 3.96.